The fourth-order valence-corrected chi connectivity index (χ4v) is 5.32. The summed E-state index contributed by atoms with van der Waals surface area (Å²) in [7, 11) is -3.50. The van der Waals surface area contributed by atoms with E-state index in [9.17, 15) is 18.0 Å². The fourth-order valence-electron chi connectivity index (χ4n) is 4.00. The number of anilines is 2. The van der Waals surface area contributed by atoms with Crippen molar-refractivity contribution in [1.29, 1.82) is 0 Å². The summed E-state index contributed by atoms with van der Waals surface area (Å²) in [5, 5.41) is 2.85. The van der Waals surface area contributed by atoms with E-state index in [0.29, 0.717) is 11.3 Å². The Hall–Kier alpha value is -3.23. The highest BCUT2D eigenvalue weighted by Gasteiger charge is 2.30. The van der Waals surface area contributed by atoms with Gasteiger partial charge in [-0.2, -0.15) is 0 Å². The Morgan fingerprint density at radius 1 is 1.03 bits per heavy atom. The topological polar surface area (TPSA) is 95.6 Å². The van der Waals surface area contributed by atoms with Crippen LogP contribution in [0.15, 0.2) is 77.7 Å². The molecule has 2 aliphatic rings. The fraction of sp³-hybridized carbons (Fsp3) is 0.321. The lowest BCUT2D eigenvalue weighted by Crippen LogP contribution is -2.46. The second-order valence-electron chi connectivity index (χ2n) is 10.2. The first-order valence-corrected chi connectivity index (χ1v) is 13.6. The molecule has 0 aromatic heterocycles. The SMILES string of the molecule is CC(C)(C)N(C(=O)c1ccc(NC(=O)CC2[CH]C=C(S(=O)(=O)NC3CC3)C=C2)cc1)c1ccccc1.[HH].[HH]. The van der Waals surface area contributed by atoms with E-state index in [0.717, 1.165) is 18.5 Å². The second-order valence-corrected chi connectivity index (χ2v) is 11.9. The summed E-state index contributed by atoms with van der Waals surface area (Å²) in [6.07, 6.45) is 8.50. The number of hydrogen-bond donors (Lipinski definition) is 2. The first kappa shape index (κ1) is 25.9. The van der Waals surface area contributed by atoms with Crippen LogP contribution >= 0.6 is 0 Å². The van der Waals surface area contributed by atoms with Gasteiger partial charge in [0.1, 0.15) is 0 Å². The zero-order valence-electron chi connectivity index (χ0n) is 20.8. The molecule has 0 heterocycles. The Morgan fingerprint density at radius 2 is 1.69 bits per heavy atom. The predicted octanol–water partition coefficient (Wildman–Crippen LogP) is 5.31. The van der Waals surface area contributed by atoms with Gasteiger partial charge in [-0.05, 0) is 88.4 Å². The standard InChI is InChI=1S/C28H32N3O4S.2H2/c1-28(2,3)31(24-7-5-4-6-8-24)27(33)21-11-13-22(14-12-21)29-26(32)19-20-9-17-25(18-10-20)36(34,35)30-23-15-16-23;;/h4-14,17-18,20,23,30H,15-16,19H2,1-3H3,(H,29,32);2*1H. The monoisotopic (exact) mass is 510 g/mol. The van der Waals surface area contributed by atoms with Crippen LogP contribution in [0.4, 0.5) is 11.4 Å². The molecule has 2 N–H and O–H groups in total. The van der Waals surface area contributed by atoms with E-state index in [1.54, 1.807) is 53.8 Å². The average Bonchev–Trinajstić information content (AvgIpc) is 3.63. The Kier molecular flexibility index (Phi) is 7.47. The van der Waals surface area contributed by atoms with Crippen molar-refractivity contribution in [1.82, 2.24) is 4.72 Å². The number of nitrogens with zero attached hydrogens (tertiary/aromatic N) is 1. The molecule has 0 bridgehead atoms. The van der Waals surface area contributed by atoms with E-state index >= 15 is 0 Å². The van der Waals surface area contributed by atoms with Crippen LogP contribution in [-0.2, 0) is 14.8 Å². The number of carbonyl (C=O) groups is 2. The number of nitrogens with one attached hydrogen (secondary N) is 2. The summed E-state index contributed by atoms with van der Waals surface area (Å²) >= 11 is 0. The maximum Gasteiger partial charge on any atom is 0.258 e. The quantitative estimate of drug-likeness (QED) is 0.503. The maximum absolute atomic E-state index is 13.3. The molecule has 2 aromatic rings. The van der Waals surface area contributed by atoms with Gasteiger partial charge in [-0.3, -0.25) is 9.59 Å². The third-order valence-corrected chi connectivity index (χ3v) is 7.49. The molecule has 7 nitrogen and oxygen atoms in total. The van der Waals surface area contributed by atoms with Crippen LogP contribution in [0.1, 0.15) is 53.2 Å². The summed E-state index contributed by atoms with van der Waals surface area (Å²) in [6, 6.07) is 16.4. The highest BCUT2D eigenvalue weighted by Crippen LogP contribution is 2.28. The number of benzene rings is 2. The Bertz CT molecular complexity index is 1280. The van der Waals surface area contributed by atoms with Crippen molar-refractivity contribution in [2.75, 3.05) is 10.2 Å². The van der Waals surface area contributed by atoms with E-state index in [4.69, 9.17) is 0 Å². The molecule has 1 radical (unpaired) electrons. The van der Waals surface area contributed by atoms with Gasteiger partial charge in [0.25, 0.3) is 5.91 Å². The van der Waals surface area contributed by atoms with Crippen molar-refractivity contribution in [2.24, 2.45) is 5.92 Å². The van der Waals surface area contributed by atoms with Gasteiger partial charge in [0.2, 0.25) is 15.9 Å². The van der Waals surface area contributed by atoms with E-state index in [2.05, 4.69) is 10.0 Å². The number of allylic oxidation sites excluding steroid dienone is 3. The van der Waals surface area contributed by atoms with Gasteiger partial charge < -0.3 is 10.2 Å². The Morgan fingerprint density at radius 3 is 2.25 bits per heavy atom. The molecule has 2 aliphatic carbocycles. The van der Waals surface area contributed by atoms with Crippen molar-refractivity contribution in [3.8, 4) is 0 Å². The van der Waals surface area contributed by atoms with Gasteiger partial charge in [0.15, 0.2) is 0 Å². The summed E-state index contributed by atoms with van der Waals surface area (Å²) in [6.45, 7) is 5.96. The number of amides is 2. The molecule has 1 atom stereocenters. The smallest absolute Gasteiger partial charge is 0.258 e. The van der Waals surface area contributed by atoms with Crippen LogP contribution in [0.2, 0.25) is 0 Å². The molecule has 0 spiro atoms. The van der Waals surface area contributed by atoms with Gasteiger partial charge in [0, 0.05) is 37.8 Å². The molecule has 8 heteroatoms. The van der Waals surface area contributed by atoms with E-state index in [-0.39, 0.29) is 38.0 Å². The zero-order chi connectivity index (χ0) is 25.9. The minimum atomic E-state index is -3.50. The van der Waals surface area contributed by atoms with Crippen molar-refractivity contribution >= 4 is 33.2 Å². The second kappa shape index (κ2) is 10.4. The van der Waals surface area contributed by atoms with Gasteiger partial charge >= 0.3 is 0 Å². The number of rotatable bonds is 8. The molecule has 1 saturated carbocycles. The van der Waals surface area contributed by atoms with Crippen LogP contribution in [-0.4, -0.2) is 31.8 Å². The Balaban J connectivity index is 0.00000253. The van der Waals surface area contributed by atoms with Crippen LogP contribution in [0.3, 0.4) is 0 Å². The average molecular weight is 511 g/mol. The predicted molar refractivity (Wildman–Crippen MR) is 147 cm³/mol. The lowest BCUT2D eigenvalue weighted by molar-refractivity contribution is -0.116. The molecule has 2 aromatic carbocycles. The van der Waals surface area contributed by atoms with Gasteiger partial charge in [-0.15, -0.1) is 0 Å². The summed E-state index contributed by atoms with van der Waals surface area (Å²) < 4.78 is 27.3. The first-order chi connectivity index (χ1) is 17.0. The lowest BCUT2D eigenvalue weighted by atomic mass is 9.97. The molecular weight excluding hydrogens is 474 g/mol. The zero-order valence-corrected chi connectivity index (χ0v) is 21.6. The van der Waals surface area contributed by atoms with Gasteiger partial charge in [-0.1, -0.05) is 30.4 Å². The number of carbonyl (C=O) groups excluding carboxylic acids is 2. The van der Waals surface area contributed by atoms with E-state index in [1.165, 1.54) is 0 Å². The van der Waals surface area contributed by atoms with E-state index < -0.39 is 15.6 Å². The number of para-hydroxylation sites is 1. The molecule has 0 aliphatic heterocycles. The van der Waals surface area contributed by atoms with Gasteiger partial charge in [-0.25, -0.2) is 13.1 Å². The van der Waals surface area contributed by atoms with Gasteiger partial charge in [0.05, 0.1) is 4.91 Å². The van der Waals surface area contributed by atoms with Crippen molar-refractivity contribution in [2.45, 2.75) is 51.6 Å². The lowest BCUT2D eigenvalue weighted by Gasteiger charge is -2.36. The number of hydrogen-bond acceptors (Lipinski definition) is 4. The van der Waals surface area contributed by atoms with Crippen LogP contribution in [0.5, 0.6) is 0 Å². The third-order valence-electron chi connectivity index (χ3n) is 5.95. The Labute approximate surface area is 216 Å². The largest absolute Gasteiger partial charge is 0.326 e. The minimum absolute atomic E-state index is 0. The number of sulfonamides is 1. The molecule has 36 heavy (non-hydrogen) atoms. The molecule has 1 fully saturated rings. The first-order valence-electron chi connectivity index (χ1n) is 12.1. The van der Waals surface area contributed by atoms with Crippen LogP contribution < -0.4 is 14.9 Å². The maximum atomic E-state index is 13.3. The van der Waals surface area contributed by atoms with Crippen LogP contribution in [0, 0.1) is 12.3 Å². The van der Waals surface area contributed by atoms with Crippen molar-refractivity contribution in [3.63, 3.8) is 0 Å². The highest BCUT2D eigenvalue weighted by atomic mass is 32.2. The normalized spacial score (nSPS) is 17.9. The van der Waals surface area contributed by atoms with Crippen molar-refractivity contribution in [3.05, 3.63) is 89.7 Å². The van der Waals surface area contributed by atoms with Crippen molar-refractivity contribution < 1.29 is 20.9 Å². The minimum Gasteiger partial charge on any atom is -0.326 e. The summed E-state index contributed by atoms with van der Waals surface area (Å²) in [5.41, 5.74) is 1.51. The summed E-state index contributed by atoms with van der Waals surface area (Å²) in [5.74, 6) is -0.518. The molecule has 193 valence electrons. The molecular formula is C28H36N3O4S. The third kappa shape index (κ3) is 6.50. The molecule has 2 amide bonds. The highest BCUT2D eigenvalue weighted by molar-refractivity contribution is 7.93. The van der Waals surface area contributed by atoms with Crippen LogP contribution in [0.25, 0.3) is 0 Å². The molecule has 1 unspecified atom stereocenters. The molecule has 4 rings (SSSR count). The summed E-state index contributed by atoms with van der Waals surface area (Å²) in [4.78, 5) is 27.9. The van der Waals surface area contributed by atoms with E-state index in [1.807, 2.05) is 51.1 Å². The molecule has 0 saturated heterocycles.